The highest BCUT2D eigenvalue weighted by Crippen LogP contribution is 2.30. The average Bonchev–Trinajstić information content (AvgIpc) is 3.56. The fraction of sp³-hybridized carbons (Fsp3) is 0.583. The number of halogens is 1. The highest BCUT2D eigenvalue weighted by molar-refractivity contribution is 6.30. The van der Waals surface area contributed by atoms with Crippen LogP contribution in [0, 0.1) is 5.92 Å². The van der Waals surface area contributed by atoms with Crippen LogP contribution < -0.4 is 5.32 Å². The standard InChI is InChI=1S/C24H32ClN7O4/c1-15-9-11-31(23(35)36-24(2,3)4)20(15)22(34)30-10-5-6-19(30)21(33)26-13-16-12-17(25)7-8-18(16)32-14-27-28-29-32/h7-8,12,14-15,19-20H,5-6,9-11,13H2,1-4H3,(H,26,33)/t15?,19-,20-/m0/s1. The number of ether oxygens (including phenoxy) is 1. The van der Waals surface area contributed by atoms with Crippen LogP contribution in [0.5, 0.6) is 0 Å². The first-order chi connectivity index (χ1) is 17.0. The topological polar surface area (TPSA) is 123 Å². The van der Waals surface area contributed by atoms with Gasteiger partial charge in [-0.1, -0.05) is 18.5 Å². The van der Waals surface area contributed by atoms with Crippen molar-refractivity contribution in [3.63, 3.8) is 0 Å². The lowest BCUT2D eigenvalue weighted by Gasteiger charge is -2.33. The molecule has 12 heteroatoms. The van der Waals surface area contributed by atoms with Gasteiger partial charge < -0.3 is 15.0 Å². The molecule has 194 valence electrons. The molecule has 0 spiro atoms. The number of tetrazole rings is 1. The molecule has 4 rings (SSSR count). The molecular formula is C24H32ClN7O4. The van der Waals surface area contributed by atoms with Crippen LogP contribution in [0.4, 0.5) is 4.79 Å². The predicted octanol–water partition coefficient (Wildman–Crippen LogP) is 2.57. The van der Waals surface area contributed by atoms with Gasteiger partial charge in [0.1, 0.15) is 24.0 Å². The van der Waals surface area contributed by atoms with E-state index in [-0.39, 0.29) is 24.3 Å². The largest absolute Gasteiger partial charge is 0.444 e. The maximum atomic E-state index is 13.6. The van der Waals surface area contributed by atoms with Crippen LogP contribution in [-0.2, 0) is 20.9 Å². The summed E-state index contributed by atoms with van der Waals surface area (Å²) >= 11 is 6.18. The monoisotopic (exact) mass is 517 g/mol. The first kappa shape index (κ1) is 25.9. The van der Waals surface area contributed by atoms with Crippen molar-refractivity contribution in [3.8, 4) is 5.69 Å². The lowest BCUT2D eigenvalue weighted by molar-refractivity contribution is -0.142. The minimum atomic E-state index is -0.659. The van der Waals surface area contributed by atoms with E-state index in [9.17, 15) is 14.4 Å². The zero-order chi connectivity index (χ0) is 26.0. The van der Waals surface area contributed by atoms with Gasteiger partial charge in [-0.05, 0) is 80.1 Å². The number of aromatic nitrogens is 4. The van der Waals surface area contributed by atoms with Crippen LogP contribution in [0.2, 0.25) is 5.02 Å². The number of carbonyl (C=O) groups excluding carboxylic acids is 3. The Morgan fingerprint density at radius 1 is 1.17 bits per heavy atom. The molecule has 2 aliphatic rings. The highest BCUT2D eigenvalue weighted by atomic mass is 35.5. The normalized spacial score (nSPS) is 22.1. The van der Waals surface area contributed by atoms with Gasteiger partial charge in [-0.2, -0.15) is 0 Å². The average molecular weight is 518 g/mol. The summed E-state index contributed by atoms with van der Waals surface area (Å²) in [5.74, 6) is -0.488. The highest BCUT2D eigenvalue weighted by Gasteiger charge is 2.46. The number of hydrogen-bond acceptors (Lipinski definition) is 7. The molecule has 0 aliphatic carbocycles. The maximum absolute atomic E-state index is 13.6. The van der Waals surface area contributed by atoms with Crippen LogP contribution in [0.3, 0.4) is 0 Å². The van der Waals surface area contributed by atoms with Gasteiger partial charge in [0, 0.05) is 24.7 Å². The van der Waals surface area contributed by atoms with Crippen molar-refractivity contribution in [1.29, 1.82) is 0 Å². The van der Waals surface area contributed by atoms with E-state index < -0.39 is 23.8 Å². The minimum Gasteiger partial charge on any atom is -0.444 e. The second-order valence-corrected chi connectivity index (χ2v) is 10.8. The lowest BCUT2D eigenvalue weighted by Crippen LogP contribution is -2.54. The van der Waals surface area contributed by atoms with Gasteiger partial charge in [-0.3, -0.25) is 14.5 Å². The van der Waals surface area contributed by atoms with Crippen LogP contribution in [0.15, 0.2) is 24.5 Å². The molecule has 0 bridgehead atoms. The molecule has 1 aromatic carbocycles. The summed E-state index contributed by atoms with van der Waals surface area (Å²) in [4.78, 5) is 42.8. The van der Waals surface area contributed by atoms with Gasteiger partial charge in [0.05, 0.1) is 5.69 Å². The van der Waals surface area contributed by atoms with Gasteiger partial charge in [-0.15, -0.1) is 5.10 Å². The van der Waals surface area contributed by atoms with Gasteiger partial charge in [0.25, 0.3) is 0 Å². The molecular weight excluding hydrogens is 486 g/mol. The third kappa shape index (κ3) is 5.61. The Morgan fingerprint density at radius 2 is 1.94 bits per heavy atom. The van der Waals surface area contributed by atoms with Crippen LogP contribution in [0.1, 0.15) is 52.5 Å². The molecule has 1 N–H and O–H groups in total. The van der Waals surface area contributed by atoms with Gasteiger partial charge in [-0.25, -0.2) is 9.48 Å². The van der Waals surface area contributed by atoms with Gasteiger partial charge >= 0.3 is 6.09 Å². The van der Waals surface area contributed by atoms with Crippen molar-refractivity contribution in [2.75, 3.05) is 13.1 Å². The Morgan fingerprint density at radius 3 is 2.64 bits per heavy atom. The fourth-order valence-corrected chi connectivity index (χ4v) is 5.01. The molecule has 1 unspecified atom stereocenters. The smallest absolute Gasteiger partial charge is 0.410 e. The second-order valence-electron chi connectivity index (χ2n) is 10.3. The van der Waals surface area contributed by atoms with Crippen molar-refractivity contribution in [1.82, 2.24) is 35.3 Å². The number of rotatable bonds is 5. The third-order valence-electron chi connectivity index (χ3n) is 6.51. The number of benzene rings is 1. The zero-order valence-electron chi connectivity index (χ0n) is 21.0. The van der Waals surface area contributed by atoms with E-state index in [1.54, 1.807) is 43.9 Å². The lowest BCUT2D eigenvalue weighted by atomic mass is 10.0. The Kier molecular flexibility index (Phi) is 7.49. The molecule has 3 atom stereocenters. The van der Waals surface area contributed by atoms with Crippen molar-refractivity contribution in [2.24, 2.45) is 5.92 Å². The summed E-state index contributed by atoms with van der Waals surface area (Å²) in [6.45, 7) is 8.46. The van der Waals surface area contributed by atoms with Crippen molar-refractivity contribution in [3.05, 3.63) is 35.1 Å². The molecule has 0 radical (unpaired) electrons. The molecule has 3 heterocycles. The number of nitrogens with zero attached hydrogens (tertiary/aromatic N) is 6. The van der Waals surface area contributed by atoms with Gasteiger partial charge in [0.15, 0.2) is 0 Å². The van der Waals surface area contributed by atoms with E-state index in [0.717, 1.165) is 5.56 Å². The third-order valence-corrected chi connectivity index (χ3v) is 6.75. The first-order valence-corrected chi connectivity index (χ1v) is 12.5. The van der Waals surface area contributed by atoms with E-state index in [0.29, 0.717) is 43.1 Å². The molecule has 0 saturated carbocycles. The molecule has 36 heavy (non-hydrogen) atoms. The Bertz CT molecular complexity index is 1120. The number of carbonyl (C=O) groups is 3. The van der Waals surface area contributed by atoms with Crippen LogP contribution in [-0.4, -0.2) is 78.7 Å². The zero-order valence-corrected chi connectivity index (χ0v) is 21.7. The number of amides is 3. The summed E-state index contributed by atoms with van der Waals surface area (Å²) in [6, 6.07) is 3.99. The van der Waals surface area contributed by atoms with Crippen molar-refractivity contribution < 1.29 is 19.1 Å². The molecule has 2 aliphatic heterocycles. The summed E-state index contributed by atoms with van der Waals surface area (Å²) in [5, 5.41) is 14.7. The van der Waals surface area contributed by atoms with Crippen molar-refractivity contribution >= 4 is 29.5 Å². The maximum Gasteiger partial charge on any atom is 0.410 e. The van der Waals surface area contributed by atoms with E-state index in [4.69, 9.17) is 16.3 Å². The van der Waals surface area contributed by atoms with Crippen LogP contribution >= 0.6 is 11.6 Å². The summed E-state index contributed by atoms with van der Waals surface area (Å²) in [6.07, 6.45) is 2.94. The molecule has 11 nitrogen and oxygen atoms in total. The van der Waals surface area contributed by atoms with E-state index in [2.05, 4.69) is 20.8 Å². The van der Waals surface area contributed by atoms with Crippen molar-refractivity contribution in [2.45, 2.75) is 71.2 Å². The second kappa shape index (κ2) is 10.4. The number of likely N-dealkylation sites (tertiary alicyclic amines) is 2. The van der Waals surface area contributed by atoms with Gasteiger partial charge in [0.2, 0.25) is 11.8 Å². The Hall–Kier alpha value is -3.21. The molecule has 2 fully saturated rings. The fourth-order valence-electron chi connectivity index (χ4n) is 4.81. The van der Waals surface area contributed by atoms with Crippen LogP contribution in [0.25, 0.3) is 5.69 Å². The SMILES string of the molecule is CC1CCN(C(=O)OC(C)(C)C)[C@@H]1C(=O)N1CCC[C@H]1C(=O)NCc1cc(Cl)ccc1-n1cnnn1. The number of hydrogen-bond donors (Lipinski definition) is 1. The number of nitrogens with one attached hydrogen (secondary N) is 1. The van der Waals surface area contributed by atoms with E-state index in [1.807, 2.05) is 6.92 Å². The molecule has 2 saturated heterocycles. The molecule has 1 aromatic heterocycles. The Labute approximate surface area is 215 Å². The minimum absolute atomic E-state index is 0.0281. The summed E-state index contributed by atoms with van der Waals surface area (Å²) < 4.78 is 7.03. The first-order valence-electron chi connectivity index (χ1n) is 12.1. The summed E-state index contributed by atoms with van der Waals surface area (Å²) in [7, 11) is 0. The van der Waals surface area contributed by atoms with E-state index in [1.165, 1.54) is 15.9 Å². The quantitative estimate of drug-likeness (QED) is 0.646. The molecule has 3 amide bonds. The molecule has 2 aromatic rings. The Balaban J connectivity index is 1.46. The van der Waals surface area contributed by atoms with E-state index >= 15 is 0 Å². The summed E-state index contributed by atoms with van der Waals surface area (Å²) in [5.41, 5.74) is 0.769. The predicted molar refractivity (Wildman–Crippen MR) is 131 cm³/mol.